The third kappa shape index (κ3) is 3.66. The van der Waals surface area contributed by atoms with E-state index in [0.29, 0.717) is 6.61 Å². The first-order valence-electron chi connectivity index (χ1n) is 3.13. The van der Waals surface area contributed by atoms with Crippen LogP contribution in [0.1, 0.15) is 0 Å². The Labute approximate surface area is 65.0 Å². The highest BCUT2D eigenvalue weighted by Gasteiger charge is 2.31. The van der Waals surface area contributed by atoms with Crippen LogP contribution in [0.2, 0.25) is 0 Å². The maximum Gasteiger partial charge on any atom is 0.264 e. The molecule has 0 saturated carbocycles. The second kappa shape index (κ2) is 3.06. The molecule has 0 bridgehead atoms. The van der Waals surface area contributed by atoms with Gasteiger partial charge in [0.05, 0.1) is 19.5 Å². The fourth-order valence-electron chi connectivity index (χ4n) is 0.578. The highest BCUT2D eigenvalue weighted by Crippen LogP contribution is 2.14. The summed E-state index contributed by atoms with van der Waals surface area (Å²) in [5.41, 5.74) is 0. The van der Waals surface area contributed by atoms with Crippen LogP contribution in [0, 0.1) is 0 Å². The summed E-state index contributed by atoms with van der Waals surface area (Å²) in [7, 11) is -3.44. The fourth-order valence-corrected chi connectivity index (χ4v) is 0.965. The molecule has 1 rings (SSSR count). The highest BCUT2D eigenvalue weighted by atomic mass is 32.2. The van der Waals surface area contributed by atoms with E-state index < -0.39 is 16.2 Å². The molecule has 2 atom stereocenters. The minimum Gasteiger partial charge on any atom is -0.388 e. The largest absolute Gasteiger partial charge is 0.388 e. The van der Waals surface area contributed by atoms with Crippen molar-refractivity contribution < 1.29 is 22.4 Å². The summed E-state index contributed by atoms with van der Waals surface area (Å²) in [5.74, 6) is 0. The van der Waals surface area contributed by atoms with Crippen molar-refractivity contribution >= 4 is 10.1 Å². The van der Waals surface area contributed by atoms with E-state index in [1.807, 2.05) is 0 Å². The zero-order valence-corrected chi connectivity index (χ0v) is 6.87. The van der Waals surface area contributed by atoms with Crippen LogP contribution >= 0.6 is 0 Å². The molecule has 0 aromatic carbocycles. The molecule has 1 fully saturated rings. The first-order chi connectivity index (χ1) is 4.99. The molecule has 0 aliphatic carbocycles. The van der Waals surface area contributed by atoms with E-state index in [9.17, 15) is 8.42 Å². The fraction of sp³-hybridized carbons (Fsp3) is 1.00. The van der Waals surface area contributed by atoms with Crippen molar-refractivity contribution in [1.29, 1.82) is 0 Å². The number of aliphatic hydroxyl groups is 1. The summed E-state index contributed by atoms with van der Waals surface area (Å²) in [6.45, 7) is 0.262. The highest BCUT2D eigenvalue weighted by molar-refractivity contribution is 7.85. The van der Waals surface area contributed by atoms with Gasteiger partial charge in [0.1, 0.15) is 12.2 Å². The molecule has 1 heterocycles. The Balaban J connectivity index is 2.21. The van der Waals surface area contributed by atoms with Crippen molar-refractivity contribution in [2.75, 3.05) is 19.5 Å². The van der Waals surface area contributed by atoms with Gasteiger partial charge in [-0.15, -0.1) is 0 Å². The predicted octanol–water partition coefficient (Wildman–Crippen LogP) is -1.28. The Morgan fingerprint density at radius 3 is 2.73 bits per heavy atom. The van der Waals surface area contributed by atoms with Crippen molar-refractivity contribution in [3.63, 3.8) is 0 Å². The Bertz CT molecular complexity index is 217. The third-order valence-corrected chi connectivity index (χ3v) is 1.81. The second-order valence-corrected chi connectivity index (χ2v) is 4.07. The second-order valence-electron chi connectivity index (χ2n) is 2.43. The third-order valence-electron chi connectivity index (χ3n) is 1.24. The molecule has 5 nitrogen and oxygen atoms in total. The van der Waals surface area contributed by atoms with Crippen molar-refractivity contribution in [2.45, 2.75) is 12.2 Å². The maximum atomic E-state index is 10.4. The van der Waals surface area contributed by atoms with E-state index in [1.54, 1.807) is 0 Å². The van der Waals surface area contributed by atoms with Gasteiger partial charge in [-0.25, -0.2) is 0 Å². The van der Waals surface area contributed by atoms with Crippen molar-refractivity contribution in [3.8, 4) is 0 Å². The zero-order chi connectivity index (χ0) is 8.48. The van der Waals surface area contributed by atoms with Gasteiger partial charge in [-0.2, -0.15) is 8.42 Å². The van der Waals surface area contributed by atoms with Crippen LogP contribution in [-0.4, -0.2) is 45.2 Å². The molecule has 66 valence electrons. The van der Waals surface area contributed by atoms with Crippen LogP contribution in [0.4, 0.5) is 0 Å². The molecule has 6 heteroatoms. The van der Waals surface area contributed by atoms with Gasteiger partial charge in [-0.3, -0.25) is 4.18 Å². The minimum atomic E-state index is -3.44. The molecule has 0 spiro atoms. The van der Waals surface area contributed by atoms with E-state index in [2.05, 4.69) is 4.18 Å². The summed E-state index contributed by atoms with van der Waals surface area (Å²) in [5, 5.41) is 9.04. The van der Waals surface area contributed by atoms with E-state index in [4.69, 9.17) is 9.84 Å². The van der Waals surface area contributed by atoms with Gasteiger partial charge >= 0.3 is 0 Å². The molecule has 1 saturated heterocycles. The van der Waals surface area contributed by atoms with Gasteiger partial charge < -0.3 is 9.84 Å². The van der Waals surface area contributed by atoms with Gasteiger partial charge in [0.25, 0.3) is 10.1 Å². The molecule has 0 aromatic rings. The number of hydrogen-bond acceptors (Lipinski definition) is 5. The first-order valence-corrected chi connectivity index (χ1v) is 4.95. The summed E-state index contributed by atoms with van der Waals surface area (Å²) in [6.07, 6.45) is -0.130. The average Bonchev–Trinajstić information content (AvgIpc) is 2.61. The van der Waals surface area contributed by atoms with Crippen LogP contribution in [0.3, 0.4) is 0 Å². The lowest BCUT2D eigenvalue weighted by atomic mass is 10.3. The molecule has 1 N–H and O–H groups in total. The topological polar surface area (TPSA) is 76.1 Å². The maximum absolute atomic E-state index is 10.4. The molecule has 0 amide bonds. The Morgan fingerprint density at radius 1 is 1.82 bits per heavy atom. The van der Waals surface area contributed by atoms with Gasteiger partial charge in [0, 0.05) is 0 Å². The Morgan fingerprint density at radius 2 is 2.36 bits per heavy atom. The summed E-state index contributed by atoms with van der Waals surface area (Å²) < 4.78 is 29.9. The molecule has 0 radical (unpaired) electrons. The Hall–Kier alpha value is -0.170. The number of aliphatic hydroxyl groups excluding tert-OH is 1. The van der Waals surface area contributed by atoms with Crippen LogP contribution < -0.4 is 0 Å². The molecular weight excluding hydrogens is 172 g/mol. The standard InChI is InChI=1S/C5H10O5S/c1-11(7,8)10-2-4(6)5-3-9-5/h4-6H,2-3H2,1H3/t4-,5?/m0/s1. The SMILES string of the molecule is CS(=O)(=O)OC[C@H](O)C1CO1. The monoisotopic (exact) mass is 182 g/mol. The van der Waals surface area contributed by atoms with Gasteiger partial charge in [-0.05, 0) is 0 Å². The molecule has 1 aliphatic rings. The molecular formula is C5H10O5S. The van der Waals surface area contributed by atoms with Gasteiger partial charge in [0.2, 0.25) is 0 Å². The lowest BCUT2D eigenvalue weighted by Crippen LogP contribution is -2.23. The smallest absolute Gasteiger partial charge is 0.264 e. The summed E-state index contributed by atoms with van der Waals surface area (Å²) in [6, 6.07) is 0. The summed E-state index contributed by atoms with van der Waals surface area (Å²) >= 11 is 0. The van der Waals surface area contributed by atoms with Crippen LogP contribution in [0.25, 0.3) is 0 Å². The Kier molecular flexibility index (Phi) is 2.48. The quantitative estimate of drug-likeness (QED) is 0.433. The zero-order valence-electron chi connectivity index (χ0n) is 6.06. The van der Waals surface area contributed by atoms with Gasteiger partial charge in [0.15, 0.2) is 0 Å². The van der Waals surface area contributed by atoms with Crippen LogP contribution in [-0.2, 0) is 19.0 Å². The predicted molar refractivity (Wildman–Crippen MR) is 36.5 cm³/mol. The van der Waals surface area contributed by atoms with E-state index >= 15 is 0 Å². The van der Waals surface area contributed by atoms with Crippen molar-refractivity contribution in [2.24, 2.45) is 0 Å². The first kappa shape index (κ1) is 8.92. The van der Waals surface area contributed by atoms with E-state index in [-0.39, 0.29) is 12.7 Å². The number of hydrogen-bond donors (Lipinski definition) is 1. The lowest BCUT2D eigenvalue weighted by Gasteiger charge is -2.05. The van der Waals surface area contributed by atoms with Crippen molar-refractivity contribution in [3.05, 3.63) is 0 Å². The number of epoxide rings is 1. The lowest BCUT2D eigenvalue weighted by molar-refractivity contribution is 0.0840. The number of ether oxygens (including phenoxy) is 1. The minimum absolute atomic E-state index is 0.219. The molecule has 1 unspecified atom stereocenters. The molecule has 0 aromatic heterocycles. The van der Waals surface area contributed by atoms with Crippen molar-refractivity contribution in [1.82, 2.24) is 0 Å². The van der Waals surface area contributed by atoms with Gasteiger partial charge in [-0.1, -0.05) is 0 Å². The summed E-state index contributed by atoms with van der Waals surface area (Å²) in [4.78, 5) is 0. The molecule has 11 heavy (non-hydrogen) atoms. The van der Waals surface area contributed by atoms with E-state index in [1.165, 1.54) is 0 Å². The van der Waals surface area contributed by atoms with E-state index in [0.717, 1.165) is 6.26 Å². The number of rotatable bonds is 4. The normalized spacial score (nSPS) is 26.5. The molecule has 1 aliphatic heterocycles. The van der Waals surface area contributed by atoms with Crippen LogP contribution in [0.5, 0.6) is 0 Å². The van der Waals surface area contributed by atoms with Crippen LogP contribution in [0.15, 0.2) is 0 Å². The average molecular weight is 182 g/mol.